The minimum absolute atomic E-state index is 0. The zero-order valence-electron chi connectivity index (χ0n) is 16.8. The van der Waals surface area contributed by atoms with E-state index in [1.165, 1.54) is 24.8 Å². The van der Waals surface area contributed by atoms with Gasteiger partial charge < -0.3 is 19.9 Å². The van der Waals surface area contributed by atoms with Crippen molar-refractivity contribution in [1.29, 1.82) is 0 Å². The van der Waals surface area contributed by atoms with Crippen LogP contribution in [-0.4, -0.2) is 86.3 Å². The van der Waals surface area contributed by atoms with Gasteiger partial charge in [-0.2, -0.15) is 0 Å². The zero-order chi connectivity index (χ0) is 18.5. The van der Waals surface area contributed by atoms with Crippen LogP contribution < -0.4 is 10.2 Å². The Morgan fingerprint density at radius 3 is 2.75 bits per heavy atom. The van der Waals surface area contributed by atoms with Crippen LogP contribution >= 0.6 is 24.0 Å². The highest BCUT2D eigenvalue weighted by Gasteiger charge is 2.30. The van der Waals surface area contributed by atoms with Crippen molar-refractivity contribution in [2.45, 2.75) is 31.8 Å². The van der Waals surface area contributed by atoms with E-state index in [2.05, 4.69) is 42.1 Å². The van der Waals surface area contributed by atoms with Crippen molar-refractivity contribution in [2.24, 2.45) is 4.99 Å². The van der Waals surface area contributed by atoms with E-state index in [1.54, 1.807) is 0 Å². The molecule has 0 aromatic carbocycles. The first kappa shape index (κ1) is 21.6. The zero-order valence-corrected chi connectivity index (χ0v) is 19.2. The van der Waals surface area contributed by atoms with Gasteiger partial charge in [0.25, 0.3) is 0 Å². The fraction of sp³-hybridized carbons (Fsp3) is 0.700. The summed E-state index contributed by atoms with van der Waals surface area (Å²) in [5.74, 6) is 2.11. The fourth-order valence-corrected chi connectivity index (χ4v) is 4.38. The number of anilines is 1. The maximum atomic E-state index is 5.49. The van der Waals surface area contributed by atoms with Crippen molar-refractivity contribution >= 4 is 35.8 Å². The van der Waals surface area contributed by atoms with Crippen molar-refractivity contribution in [3.63, 3.8) is 0 Å². The van der Waals surface area contributed by atoms with Crippen molar-refractivity contribution in [2.75, 3.05) is 64.4 Å². The van der Waals surface area contributed by atoms with Gasteiger partial charge >= 0.3 is 0 Å². The Morgan fingerprint density at radius 2 is 2.00 bits per heavy atom. The first-order valence-electron chi connectivity index (χ1n) is 10.3. The third-order valence-corrected chi connectivity index (χ3v) is 5.93. The number of likely N-dealkylation sites (tertiary alicyclic amines) is 1. The molecular formula is C20H33IN6O. The molecule has 3 fully saturated rings. The summed E-state index contributed by atoms with van der Waals surface area (Å²) in [7, 11) is 1.88. The van der Waals surface area contributed by atoms with Crippen LogP contribution in [0.15, 0.2) is 23.3 Å². The Hall–Kier alpha value is -1.13. The van der Waals surface area contributed by atoms with Crippen LogP contribution in [0.3, 0.4) is 0 Å². The van der Waals surface area contributed by atoms with Crippen LogP contribution in [-0.2, 0) is 11.3 Å². The molecule has 3 aliphatic heterocycles. The van der Waals surface area contributed by atoms with Gasteiger partial charge in [0, 0.05) is 65.1 Å². The lowest BCUT2D eigenvalue weighted by atomic mass is 10.2. The van der Waals surface area contributed by atoms with Crippen molar-refractivity contribution < 1.29 is 4.74 Å². The summed E-state index contributed by atoms with van der Waals surface area (Å²) in [5.41, 5.74) is 1.26. The van der Waals surface area contributed by atoms with E-state index >= 15 is 0 Å². The molecule has 4 heterocycles. The van der Waals surface area contributed by atoms with E-state index in [0.29, 0.717) is 6.04 Å². The monoisotopic (exact) mass is 500 g/mol. The van der Waals surface area contributed by atoms with Gasteiger partial charge in [-0.1, -0.05) is 0 Å². The van der Waals surface area contributed by atoms with Gasteiger partial charge in [0.1, 0.15) is 5.82 Å². The quantitative estimate of drug-likeness (QED) is 0.387. The van der Waals surface area contributed by atoms with Crippen LogP contribution in [0, 0.1) is 0 Å². The van der Waals surface area contributed by atoms with Gasteiger partial charge in [0.2, 0.25) is 0 Å². The molecule has 8 heteroatoms. The number of aromatic nitrogens is 1. The number of morpholine rings is 1. The van der Waals surface area contributed by atoms with Gasteiger partial charge in [-0.05, 0) is 37.0 Å². The molecule has 156 valence electrons. The summed E-state index contributed by atoms with van der Waals surface area (Å²) in [4.78, 5) is 16.4. The van der Waals surface area contributed by atoms with Crippen LogP contribution in [0.2, 0.25) is 0 Å². The molecule has 3 aliphatic rings. The molecule has 3 saturated heterocycles. The van der Waals surface area contributed by atoms with E-state index in [1.807, 2.05) is 13.2 Å². The van der Waals surface area contributed by atoms with Crippen molar-refractivity contribution in [3.8, 4) is 0 Å². The summed E-state index contributed by atoms with van der Waals surface area (Å²) >= 11 is 0. The normalized spacial score (nSPS) is 23.8. The molecule has 1 unspecified atom stereocenters. The molecule has 7 nitrogen and oxygen atoms in total. The maximum absolute atomic E-state index is 5.49. The predicted octanol–water partition coefficient (Wildman–Crippen LogP) is 1.78. The lowest BCUT2D eigenvalue weighted by Gasteiger charge is -2.32. The SMILES string of the molecule is CN=C(NCc1ccnc(N2CCCC2)c1)N1CCC(N2CCOCC2)C1.I. The Labute approximate surface area is 185 Å². The summed E-state index contributed by atoms with van der Waals surface area (Å²) in [6, 6.07) is 4.93. The Bertz CT molecular complexity index is 645. The van der Waals surface area contributed by atoms with Crippen molar-refractivity contribution in [3.05, 3.63) is 23.9 Å². The van der Waals surface area contributed by atoms with E-state index in [4.69, 9.17) is 4.74 Å². The molecule has 0 spiro atoms. The highest BCUT2D eigenvalue weighted by atomic mass is 127. The second kappa shape index (κ2) is 10.6. The number of rotatable bonds is 4. The highest BCUT2D eigenvalue weighted by Crippen LogP contribution is 2.19. The number of ether oxygens (including phenoxy) is 1. The second-order valence-corrected chi connectivity index (χ2v) is 7.65. The first-order valence-corrected chi connectivity index (χ1v) is 10.3. The number of nitrogens with zero attached hydrogens (tertiary/aromatic N) is 5. The third kappa shape index (κ3) is 5.27. The van der Waals surface area contributed by atoms with Gasteiger partial charge in [0.15, 0.2) is 5.96 Å². The van der Waals surface area contributed by atoms with Crippen LogP contribution in [0.4, 0.5) is 5.82 Å². The smallest absolute Gasteiger partial charge is 0.193 e. The molecule has 0 bridgehead atoms. The molecule has 28 heavy (non-hydrogen) atoms. The van der Waals surface area contributed by atoms with E-state index < -0.39 is 0 Å². The number of aliphatic imine (C=N–C) groups is 1. The largest absolute Gasteiger partial charge is 0.379 e. The summed E-state index contributed by atoms with van der Waals surface area (Å²) in [5, 5.41) is 3.56. The van der Waals surface area contributed by atoms with Crippen LogP contribution in [0.5, 0.6) is 0 Å². The number of hydrogen-bond acceptors (Lipinski definition) is 5. The van der Waals surface area contributed by atoms with Gasteiger partial charge in [-0.25, -0.2) is 4.98 Å². The van der Waals surface area contributed by atoms with E-state index in [9.17, 15) is 0 Å². The molecule has 1 atom stereocenters. The van der Waals surface area contributed by atoms with Gasteiger partial charge in [-0.3, -0.25) is 9.89 Å². The molecule has 0 amide bonds. The van der Waals surface area contributed by atoms with E-state index in [-0.39, 0.29) is 24.0 Å². The number of pyridine rings is 1. The minimum atomic E-state index is 0. The minimum Gasteiger partial charge on any atom is -0.379 e. The molecule has 0 aliphatic carbocycles. The molecular weight excluding hydrogens is 467 g/mol. The molecule has 0 saturated carbocycles. The lowest BCUT2D eigenvalue weighted by molar-refractivity contribution is 0.0195. The number of nitrogens with one attached hydrogen (secondary N) is 1. The maximum Gasteiger partial charge on any atom is 0.193 e. The molecule has 1 aromatic rings. The molecule has 4 rings (SSSR count). The second-order valence-electron chi connectivity index (χ2n) is 7.65. The molecule has 1 aromatic heterocycles. The average molecular weight is 500 g/mol. The first-order chi connectivity index (χ1) is 13.3. The predicted molar refractivity (Wildman–Crippen MR) is 124 cm³/mol. The molecule has 0 radical (unpaired) electrons. The Balaban J connectivity index is 0.00000225. The lowest BCUT2D eigenvalue weighted by Crippen LogP contribution is -2.46. The van der Waals surface area contributed by atoms with E-state index in [0.717, 1.165) is 70.8 Å². The summed E-state index contributed by atoms with van der Waals surface area (Å²) < 4.78 is 5.49. The third-order valence-electron chi connectivity index (χ3n) is 5.93. The summed E-state index contributed by atoms with van der Waals surface area (Å²) in [6.45, 7) is 9.00. The number of guanidine groups is 1. The Morgan fingerprint density at radius 1 is 1.21 bits per heavy atom. The topological polar surface area (TPSA) is 56.2 Å². The van der Waals surface area contributed by atoms with Gasteiger partial charge in [0.05, 0.1) is 13.2 Å². The highest BCUT2D eigenvalue weighted by molar-refractivity contribution is 14.0. The fourth-order valence-electron chi connectivity index (χ4n) is 4.38. The molecule has 1 N–H and O–H groups in total. The Kier molecular flexibility index (Phi) is 8.16. The van der Waals surface area contributed by atoms with Gasteiger partial charge in [-0.15, -0.1) is 24.0 Å². The van der Waals surface area contributed by atoms with Crippen molar-refractivity contribution in [1.82, 2.24) is 20.1 Å². The number of hydrogen-bond donors (Lipinski definition) is 1. The summed E-state index contributed by atoms with van der Waals surface area (Å²) in [6.07, 6.45) is 5.68. The van der Waals surface area contributed by atoms with Crippen LogP contribution in [0.1, 0.15) is 24.8 Å². The standard InChI is InChI=1S/C20H32N6O.HI/c1-21-20(26-9-5-18(16-26)24-10-12-27-13-11-24)23-15-17-4-6-22-19(14-17)25-7-2-3-8-25;/h4,6,14,18H,2-3,5,7-13,15-16H2,1H3,(H,21,23);1H. The average Bonchev–Trinajstić information content (AvgIpc) is 3.42. The number of halogens is 1. The van der Waals surface area contributed by atoms with Crippen LogP contribution in [0.25, 0.3) is 0 Å².